The van der Waals surface area contributed by atoms with Gasteiger partial charge in [-0.3, -0.25) is 4.90 Å². The molecule has 31 heavy (non-hydrogen) atoms. The minimum absolute atomic E-state index is 0.148. The molecule has 1 aromatic carbocycles. The molecule has 1 saturated heterocycles. The third-order valence-corrected chi connectivity index (χ3v) is 6.35. The summed E-state index contributed by atoms with van der Waals surface area (Å²) in [4.78, 5) is 14.0. The SMILES string of the molecule is C=C1Cc2c(N)nc(OCCCC)nc2N(C(C)c2ccc(CN3CCCC3)cc2)C1. The van der Waals surface area contributed by atoms with E-state index in [1.807, 2.05) is 0 Å². The molecule has 4 rings (SSSR count). The molecule has 166 valence electrons. The van der Waals surface area contributed by atoms with Crippen LogP contribution in [-0.4, -0.2) is 41.1 Å². The van der Waals surface area contributed by atoms with Gasteiger partial charge in [-0.15, -0.1) is 0 Å². The maximum absolute atomic E-state index is 6.30. The van der Waals surface area contributed by atoms with Gasteiger partial charge in [0.2, 0.25) is 0 Å². The Balaban J connectivity index is 1.55. The van der Waals surface area contributed by atoms with E-state index in [0.717, 1.165) is 42.9 Å². The number of nitrogen functional groups attached to an aromatic ring is 1. The van der Waals surface area contributed by atoms with E-state index in [1.54, 1.807) is 0 Å². The van der Waals surface area contributed by atoms with Crippen LogP contribution in [0.1, 0.15) is 62.3 Å². The van der Waals surface area contributed by atoms with Crippen molar-refractivity contribution in [3.63, 3.8) is 0 Å². The van der Waals surface area contributed by atoms with Crippen LogP contribution in [0.3, 0.4) is 0 Å². The number of rotatable bonds is 8. The Kier molecular flexibility index (Phi) is 6.76. The third-order valence-electron chi connectivity index (χ3n) is 6.35. The predicted molar refractivity (Wildman–Crippen MR) is 126 cm³/mol. The summed E-state index contributed by atoms with van der Waals surface area (Å²) in [5, 5.41) is 0. The second-order valence-electron chi connectivity index (χ2n) is 8.85. The van der Waals surface area contributed by atoms with Gasteiger partial charge < -0.3 is 15.4 Å². The van der Waals surface area contributed by atoms with E-state index in [0.29, 0.717) is 24.9 Å². The summed E-state index contributed by atoms with van der Waals surface area (Å²) < 4.78 is 5.78. The van der Waals surface area contributed by atoms with Crippen molar-refractivity contribution in [2.75, 3.05) is 36.9 Å². The summed E-state index contributed by atoms with van der Waals surface area (Å²) in [5.41, 5.74) is 11.0. The zero-order valence-electron chi connectivity index (χ0n) is 18.9. The summed E-state index contributed by atoms with van der Waals surface area (Å²) in [6, 6.07) is 9.53. The first kappa shape index (κ1) is 21.6. The highest BCUT2D eigenvalue weighted by Gasteiger charge is 2.28. The van der Waals surface area contributed by atoms with Gasteiger partial charge in [-0.1, -0.05) is 49.8 Å². The van der Waals surface area contributed by atoms with E-state index in [-0.39, 0.29) is 6.04 Å². The molecule has 0 amide bonds. The number of aromatic nitrogens is 2. The van der Waals surface area contributed by atoms with Gasteiger partial charge >= 0.3 is 6.01 Å². The lowest BCUT2D eigenvalue weighted by Gasteiger charge is -2.36. The van der Waals surface area contributed by atoms with E-state index in [9.17, 15) is 0 Å². The first-order valence-electron chi connectivity index (χ1n) is 11.6. The molecule has 0 saturated carbocycles. The summed E-state index contributed by atoms with van der Waals surface area (Å²) in [7, 11) is 0. The number of likely N-dealkylation sites (tertiary alicyclic amines) is 1. The predicted octanol–water partition coefficient (Wildman–Crippen LogP) is 4.51. The molecule has 6 nitrogen and oxygen atoms in total. The van der Waals surface area contributed by atoms with Gasteiger partial charge in [-0.25, -0.2) is 0 Å². The topological polar surface area (TPSA) is 67.5 Å². The van der Waals surface area contributed by atoms with Gasteiger partial charge in [0.1, 0.15) is 11.6 Å². The van der Waals surface area contributed by atoms with Crippen molar-refractivity contribution in [3.05, 3.63) is 53.1 Å². The van der Waals surface area contributed by atoms with Crippen molar-refractivity contribution in [3.8, 4) is 6.01 Å². The molecule has 2 aromatic rings. The normalized spacial score (nSPS) is 17.6. The molecule has 0 bridgehead atoms. The summed E-state index contributed by atoms with van der Waals surface area (Å²) >= 11 is 0. The van der Waals surface area contributed by atoms with Crippen LogP contribution >= 0.6 is 0 Å². The van der Waals surface area contributed by atoms with E-state index >= 15 is 0 Å². The molecular formula is C25H35N5O. The molecular weight excluding hydrogens is 386 g/mol. The molecule has 1 atom stereocenters. The number of anilines is 2. The van der Waals surface area contributed by atoms with Crippen molar-refractivity contribution in [2.24, 2.45) is 0 Å². The maximum atomic E-state index is 6.30. The molecule has 2 aliphatic rings. The van der Waals surface area contributed by atoms with Crippen LogP contribution in [0, 0.1) is 0 Å². The fraction of sp³-hybridized carbons (Fsp3) is 0.520. The van der Waals surface area contributed by atoms with Crippen LogP contribution in [0.5, 0.6) is 6.01 Å². The van der Waals surface area contributed by atoms with Crippen molar-refractivity contribution in [2.45, 2.75) is 58.5 Å². The van der Waals surface area contributed by atoms with Gasteiger partial charge in [0.15, 0.2) is 0 Å². The van der Waals surface area contributed by atoms with E-state index < -0.39 is 0 Å². The van der Waals surface area contributed by atoms with Gasteiger partial charge in [-0.05, 0) is 50.4 Å². The van der Waals surface area contributed by atoms with Crippen LogP contribution < -0.4 is 15.4 Å². The Morgan fingerprint density at radius 1 is 1.16 bits per heavy atom. The van der Waals surface area contributed by atoms with Crippen molar-refractivity contribution in [1.82, 2.24) is 14.9 Å². The van der Waals surface area contributed by atoms with Crippen LogP contribution in [0.2, 0.25) is 0 Å². The highest BCUT2D eigenvalue weighted by atomic mass is 16.5. The van der Waals surface area contributed by atoms with Crippen molar-refractivity contribution in [1.29, 1.82) is 0 Å². The average molecular weight is 422 g/mol. The second-order valence-corrected chi connectivity index (χ2v) is 8.85. The zero-order chi connectivity index (χ0) is 21.8. The lowest BCUT2D eigenvalue weighted by Crippen LogP contribution is -2.35. The molecule has 2 N–H and O–H groups in total. The van der Waals surface area contributed by atoms with Crippen molar-refractivity contribution >= 4 is 11.6 Å². The summed E-state index contributed by atoms with van der Waals surface area (Å²) in [5.74, 6) is 1.37. The Morgan fingerprint density at radius 3 is 2.61 bits per heavy atom. The Labute approximate surface area is 186 Å². The molecule has 1 aromatic heterocycles. The molecule has 1 unspecified atom stereocenters. The largest absolute Gasteiger partial charge is 0.463 e. The maximum Gasteiger partial charge on any atom is 0.320 e. The number of hydrogen-bond donors (Lipinski definition) is 1. The van der Waals surface area contributed by atoms with Crippen LogP contribution in [-0.2, 0) is 13.0 Å². The van der Waals surface area contributed by atoms with E-state index in [4.69, 9.17) is 15.5 Å². The van der Waals surface area contributed by atoms with Crippen LogP contribution in [0.4, 0.5) is 11.6 Å². The molecule has 0 spiro atoms. The fourth-order valence-corrected chi connectivity index (χ4v) is 4.47. The number of ether oxygens (including phenoxy) is 1. The number of hydrogen-bond acceptors (Lipinski definition) is 6. The van der Waals surface area contributed by atoms with Crippen LogP contribution in [0.25, 0.3) is 0 Å². The highest BCUT2D eigenvalue weighted by molar-refractivity contribution is 5.63. The minimum atomic E-state index is 0.148. The number of unbranched alkanes of at least 4 members (excludes halogenated alkanes) is 1. The molecule has 0 aliphatic carbocycles. The highest BCUT2D eigenvalue weighted by Crippen LogP contribution is 2.37. The Hall–Kier alpha value is -2.60. The number of nitrogens with two attached hydrogens (primary N) is 1. The lowest BCUT2D eigenvalue weighted by molar-refractivity contribution is 0.285. The molecule has 1 fully saturated rings. The van der Waals surface area contributed by atoms with Gasteiger partial charge in [0.25, 0.3) is 0 Å². The first-order chi connectivity index (χ1) is 15.0. The smallest absolute Gasteiger partial charge is 0.320 e. The molecule has 3 heterocycles. The van der Waals surface area contributed by atoms with Crippen molar-refractivity contribution < 1.29 is 4.74 Å². The monoisotopic (exact) mass is 421 g/mol. The van der Waals surface area contributed by atoms with Gasteiger partial charge in [-0.2, -0.15) is 9.97 Å². The fourth-order valence-electron chi connectivity index (χ4n) is 4.47. The standard InChI is InChI=1S/C25H35N5O/c1-4-5-14-31-25-27-23(26)22-15-18(2)16-30(24(22)28-25)19(3)21-10-8-20(9-11-21)17-29-12-6-7-13-29/h8-11,19H,2,4-7,12-17H2,1,3H3,(H2,26,27,28). The van der Waals surface area contributed by atoms with Gasteiger partial charge in [0, 0.05) is 25.1 Å². The number of benzene rings is 1. The average Bonchev–Trinajstić information content (AvgIpc) is 3.27. The molecule has 0 radical (unpaired) electrons. The summed E-state index contributed by atoms with van der Waals surface area (Å²) in [6.45, 7) is 13.4. The second kappa shape index (κ2) is 9.69. The Morgan fingerprint density at radius 2 is 1.90 bits per heavy atom. The Bertz CT molecular complexity index is 905. The molecule has 2 aliphatic heterocycles. The third kappa shape index (κ3) is 5.01. The number of nitrogens with zero attached hydrogens (tertiary/aromatic N) is 4. The number of fused-ring (bicyclic) bond motifs is 1. The quantitative estimate of drug-likeness (QED) is 0.499. The van der Waals surface area contributed by atoms with E-state index in [2.05, 4.69) is 59.5 Å². The minimum Gasteiger partial charge on any atom is -0.463 e. The zero-order valence-corrected chi connectivity index (χ0v) is 18.9. The van der Waals surface area contributed by atoms with Crippen LogP contribution in [0.15, 0.2) is 36.4 Å². The van der Waals surface area contributed by atoms with E-state index in [1.165, 1.54) is 37.1 Å². The summed E-state index contributed by atoms with van der Waals surface area (Å²) in [6.07, 6.45) is 5.40. The lowest BCUT2D eigenvalue weighted by atomic mass is 9.97. The molecule has 6 heteroatoms. The first-order valence-corrected chi connectivity index (χ1v) is 11.6. The van der Waals surface area contributed by atoms with Gasteiger partial charge in [0.05, 0.1) is 12.6 Å².